The molecule has 1 aliphatic heterocycles. The average Bonchev–Trinajstić information content (AvgIpc) is 3.56. The highest BCUT2D eigenvalue weighted by Crippen LogP contribution is 2.20. The highest BCUT2D eigenvalue weighted by molar-refractivity contribution is 5.96. The van der Waals surface area contributed by atoms with Crippen LogP contribution in [0.3, 0.4) is 0 Å². The van der Waals surface area contributed by atoms with Crippen molar-refractivity contribution in [2.24, 2.45) is 11.7 Å². The van der Waals surface area contributed by atoms with Crippen molar-refractivity contribution in [2.75, 3.05) is 6.54 Å². The molecule has 3 rings (SSSR count). The minimum Gasteiger partial charge on any atom is -0.480 e. The lowest BCUT2D eigenvalue weighted by Crippen LogP contribution is -2.58. The Labute approximate surface area is 220 Å². The van der Waals surface area contributed by atoms with Crippen molar-refractivity contribution in [1.29, 1.82) is 0 Å². The first kappa shape index (κ1) is 28.6. The molecule has 0 saturated carbocycles. The van der Waals surface area contributed by atoms with Crippen LogP contribution in [0.15, 0.2) is 30.5 Å². The predicted molar refractivity (Wildman–Crippen MR) is 140 cm³/mol. The smallest absolute Gasteiger partial charge is 0.326 e. The molecule has 1 saturated heterocycles. The molecule has 5 atom stereocenters. The lowest BCUT2D eigenvalue weighted by atomic mass is 9.98. The maximum atomic E-state index is 13.4. The molecule has 2 aromatic rings. The number of fused-ring (bicyclic) bond motifs is 1. The largest absolute Gasteiger partial charge is 0.480 e. The Bertz CT molecular complexity index is 1170. The molecule has 12 heteroatoms. The number of primary amides is 1. The quantitative estimate of drug-likeness (QED) is 0.189. The molecule has 38 heavy (non-hydrogen) atoms. The van der Waals surface area contributed by atoms with E-state index in [0.717, 1.165) is 22.9 Å². The molecule has 2 heterocycles. The number of carboxylic acids is 1. The summed E-state index contributed by atoms with van der Waals surface area (Å²) in [6.45, 7) is 4.19. The van der Waals surface area contributed by atoms with Crippen molar-refractivity contribution in [1.82, 2.24) is 26.3 Å². The fourth-order valence-corrected chi connectivity index (χ4v) is 4.53. The number of benzene rings is 1. The van der Waals surface area contributed by atoms with Crippen LogP contribution in [0.5, 0.6) is 0 Å². The van der Waals surface area contributed by atoms with E-state index in [9.17, 15) is 29.1 Å². The predicted octanol–water partition coefficient (Wildman–Crippen LogP) is -0.0771. The molecule has 0 radical (unpaired) electrons. The standard InChI is InChI=1S/C26H36N6O6/c1-3-14(2)22(26(37)38)32-25(36)19(11-15-13-29-17-8-5-4-7-16(15)17)30-24(35)20(12-21(27)33)31-23(34)18-9-6-10-28-18/h4-5,7-8,13-14,18-20,22,28-29H,3,6,9-12H2,1-2H3,(H2,27,33)(H,30,35)(H,31,34)(H,32,36)(H,37,38). The van der Waals surface area contributed by atoms with Crippen LogP contribution in [0.2, 0.25) is 0 Å². The summed E-state index contributed by atoms with van der Waals surface area (Å²) in [5.41, 5.74) is 6.89. The first-order valence-corrected chi connectivity index (χ1v) is 12.8. The van der Waals surface area contributed by atoms with Gasteiger partial charge in [0.25, 0.3) is 0 Å². The number of carbonyl (C=O) groups excluding carboxylic acids is 4. The number of aromatic nitrogens is 1. The minimum absolute atomic E-state index is 0.0375. The van der Waals surface area contributed by atoms with Crippen molar-refractivity contribution < 1.29 is 29.1 Å². The van der Waals surface area contributed by atoms with E-state index < -0.39 is 60.2 Å². The molecular weight excluding hydrogens is 492 g/mol. The van der Waals surface area contributed by atoms with E-state index in [4.69, 9.17) is 5.73 Å². The van der Waals surface area contributed by atoms with Gasteiger partial charge in [0.15, 0.2) is 0 Å². The van der Waals surface area contributed by atoms with Gasteiger partial charge in [-0.2, -0.15) is 0 Å². The summed E-state index contributed by atoms with van der Waals surface area (Å²) in [5.74, 6) is -4.26. The molecule has 1 aliphatic rings. The Hall–Kier alpha value is -3.93. The zero-order chi connectivity index (χ0) is 27.8. The maximum Gasteiger partial charge on any atom is 0.326 e. The van der Waals surface area contributed by atoms with Gasteiger partial charge in [0, 0.05) is 23.5 Å². The first-order valence-electron chi connectivity index (χ1n) is 12.8. The monoisotopic (exact) mass is 528 g/mol. The fraction of sp³-hybridized carbons (Fsp3) is 0.500. The van der Waals surface area contributed by atoms with Gasteiger partial charge in [-0.1, -0.05) is 38.5 Å². The molecule has 0 aliphatic carbocycles. The summed E-state index contributed by atoms with van der Waals surface area (Å²) in [4.78, 5) is 65.9. The molecule has 0 bridgehead atoms. The molecule has 5 unspecified atom stereocenters. The third kappa shape index (κ3) is 7.31. The number of amides is 4. The lowest BCUT2D eigenvalue weighted by molar-refractivity contribution is -0.144. The molecule has 8 N–H and O–H groups in total. The number of aromatic amines is 1. The van der Waals surface area contributed by atoms with Gasteiger partial charge in [0.2, 0.25) is 23.6 Å². The third-order valence-corrected chi connectivity index (χ3v) is 6.92. The zero-order valence-corrected chi connectivity index (χ0v) is 21.6. The van der Waals surface area contributed by atoms with Crippen molar-refractivity contribution in [3.63, 3.8) is 0 Å². The molecular formula is C26H36N6O6. The number of nitrogens with two attached hydrogens (primary N) is 1. The van der Waals surface area contributed by atoms with Crippen LogP contribution in [0.4, 0.5) is 0 Å². The summed E-state index contributed by atoms with van der Waals surface area (Å²) < 4.78 is 0. The number of carbonyl (C=O) groups is 5. The summed E-state index contributed by atoms with van der Waals surface area (Å²) in [6, 6.07) is 3.28. The first-order chi connectivity index (χ1) is 18.1. The Morgan fingerprint density at radius 2 is 1.79 bits per heavy atom. The number of aliphatic carboxylic acids is 1. The van der Waals surface area contributed by atoms with Gasteiger partial charge in [-0.05, 0) is 36.9 Å². The van der Waals surface area contributed by atoms with Gasteiger partial charge < -0.3 is 37.1 Å². The fourth-order valence-electron chi connectivity index (χ4n) is 4.53. The van der Waals surface area contributed by atoms with E-state index in [-0.39, 0.29) is 12.3 Å². The second kappa shape index (κ2) is 13.0. The van der Waals surface area contributed by atoms with Gasteiger partial charge in [-0.25, -0.2) is 4.79 Å². The topological polar surface area (TPSA) is 196 Å². The zero-order valence-electron chi connectivity index (χ0n) is 21.6. The van der Waals surface area contributed by atoms with Gasteiger partial charge in [-0.3, -0.25) is 19.2 Å². The van der Waals surface area contributed by atoms with Crippen LogP contribution in [-0.2, 0) is 30.4 Å². The second-order valence-electron chi connectivity index (χ2n) is 9.72. The summed E-state index contributed by atoms with van der Waals surface area (Å²) in [5, 5.41) is 21.3. The highest BCUT2D eigenvalue weighted by Gasteiger charge is 2.33. The van der Waals surface area contributed by atoms with E-state index in [2.05, 4.69) is 26.3 Å². The molecule has 206 valence electrons. The Balaban J connectivity index is 1.85. The van der Waals surface area contributed by atoms with Gasteiger partial charge >= 0.3 is 5.97 Å². The Morgan fingerprint density at radius 3 is 2.42 bits per heavy atom. The highest BCUT2D eigenvalue weighted by atomic mass is 16.4. The van der Waals surface area contributed by atoms with Crippen LogP contribution in [0.1, 0.15) is 45.1 Å². The van der Waals surface area contributed by atoms with E-state index in [0.29, 0.717) is 19.4 Å². The summed E-state index contributed by atoms with van der Waals surface area (Å²) in [7, 11) is 0. The number of rotatable bonds is 13. The SMILES string of the molecule is CCC(C)C(NC(=O)C(Cc1c[nH]c2ccccc12)NC(=O)C(CC(N)=O)NC(=O)C1CCCN1)C(=O)O. The molecule has 12 nitrogen and oxygen atoms in total. The maximum absolute atomic E-state index is 13.4. The van der Waals surface area contributed by atoms with Crippen molar-refractivity contribution >= 4 is 40.5 Å². The average molecular weight is 529 g/mol. The molecule has 1 aromatic heterocycles. The Morgan fingerprint density at radius 1 is 1.08 bits per heavy atom. The molecule has 1 fully saturated rings. The van der Waals surface area contributed by atoms with E-state index >= 15 is 0 Å². The molecule has 4 amide bonds. The second-order valence-corrected chi connectivity index (χ2v) is 9.72. The Kier molecular flexibility index (Phi) is 9.83. The number of carboxylic acid groups (broad SMARTS) is 1. The van der Waals surface area contributed by atoms with E-state index in [1.165, 1.54) is 0 Å². The minimum atomic E-state index is -1.30. The summed E-state index contributed by atoms with van der Waals surface area (Å²) in [6.07, 6.45) is 3.20. The number of para-hydroxylation sites is 1. The third-order valence-electron chi connectivity index (χ3n) is 6.92. The van der Waals surface area contributed by atoms with Crippen molar-refractivity contribution in [3.8, 4) is 0 Å². The van der Waals surface area contributed by atoms with Crippen LogP contribution < -0.4 is 27.0 Å². The number of nitrogens with one attached hydrogen (secondary N) is 5. The van der Waals surface area contributed by atoms with Crippen molar-refractivity contribution in [3.05, 3.63) is 36.0 Å². The van der Waals surface area contributed by atoms with Gasteiger partial charge in [0.05, 0.1) is 12.5 Å². The summed E-state index contributed by atoms with van der Waals surface area (Å²) >= 11 is 0. The number of hydrogen-bond acceptors (Lipinski definition) is 6. The van der Waals surface area contributed by atoms with Gasteiger partial charge in [-0.15, -0.1) is 0 Å². The van der Waals surface area contributed by atoms with Crippen LogP contribution >= 0.6 is 0 Å². The van der Waals surface area contributed by atoms with Crippen LogP contribution in [-0.4, -0.2) is 70.4 Å². The number of hydrogen-bond donors (Lipinski definition) is 7. The normalized spacial score (nSPS) is 18.2. The van der Waals surface area contributed by atoms with E-state index in [1.54, 1.807) is 13.1 Å². The lowest BCUT2D eigenvalue weighted by Gasteiger charge is -2.26. The van der Waals surface area contributed by atoms with E-state index in [1.807, 2.05) is 31.2 Å². The van der Waals surface area contributed by atoms with Crippen LogP contribution in [0, 0.1) is 5.92 Å². The van der Waals surface area contributed by atoms with Crippen molar-refractivity contribution in [2.45, 2.75) is 70.1 Å². The number of H-pyrrole nitrogens is 1. The van der Waals surface area contributed by atoms with Gasteiger partial charge in [0.1, 0.15) is 18.1 Å². The molecule has 0 spiro atoms. The molecule has 1 aromatic carbocycles. The van der Waals surface area contributed by atoms with Crippen LogP contribution in [0.25, 0.3) is 10.9 Å².